The van der Waals surface area contributed by atoms with E-state index in [0.29, 0.717) is 24.7 Å². The average molecular weight is 248 g/mol. The van der Waals surface area contributed by atoms with Gasteiger partial charge in [0.2, 0.25) is 0 Å². The molecule has 0 spiro atoms. The van der Waals surface area contributed by atoms with E-state index in [2.05, 4.69) is 24.1 Å². The molecule has 3 rings (SSSR count). The Hall–Kier alpha value is -1.26. The fraction of sp³-hybridized carbons (Fsp3) is 0.571. The van der Waals surface area contributed by atoms with Gasteiger partial charge in [0.25, 0.3) is 0 Å². The molecule has 4 nitrogen and oxygen atoms in total. The average Bonchev–Trinajstić information content (AvgIpc) is 2.75. The van der Waals surface area contributed by atoms with E-state index in [1.54, 1.807) is 12.1 Å². The van der Waals surface area contributed by atoms with Crippen molar-refractivity contribution in [2.75, 3.05) is 19.7 Å². The second-order valence-corrected chi connectivity index (χ2v) is 5.40. The van der Waals surface area contributed by atoms with Crippen molar-refractivity contribution in [1.29, 1.82) is 0 Å². The van der Waals surface area contributed by atoms with Crippen molar-refractivity contribution in [2.24, 2.45) is 0 Å². The van der Waals surface area contributed by atoms with Crippen LogP contribution in [0.5, 0.6) is 11.5 Å². The van der Waals surface area contributed by atoms with Gasteiger partial charge in [-0.15, -0.1) is 0 Å². The van der Waals surface area contributed by atoms with Crippen LogP contribution in [0.4, 0.5) is 0 Å². The van der Waals surface area contributed by atoms with Gasteiger partial charge in [0.1, 0.15) is 18.1 Å². The van der Waals surface area contributed by atoms with Crippen molar-refractivity contribution in [3.63, 3.8) is 0 Å². The van der Waals surface area contributed by atoms with Crippen LogP contribution in [-0.2, 0) is 0 Å². The molecule has 0 aromatic heterocycles. The fourth-order valence-corrected chi connectivity index (χ4v) is 2.94. The molecule has 2 aliphatic heterocycles. The van der Waals surface area contributed by atoms with Gasteiger partial charge in [0.05, 0.1) is 6.04 Å². The van der Waals surface area contributed by atoms with Crippen LogP contribution in [-0.4, -0.2) is 41.8 Å². The van der Waals surface area contributed by atoms with E-state index in [1.165, 1.54) is 5.56 Å². The maximum Gasteiger partial charge on any atom is 0.127 e. The third-order valence-electron chi connectivity index (χ3n) is 3.97. The van der Waals surface area contributed by atoms with Crippen molar-refractivity contribution in [2.45, 2.75) is 32.0 Å². The summed E-state index contributed by atoms with van der Waals surface area (Å²) < 4.78 is 5.71. The number of rotatable bonds is 1. The number of ether oxygens (including phenoxy) is 1. The minimum atomic E-state index is 0.274. The Kier molecular flexibility index (Phi) is 2.92. The highest BCUT2D eigenvalue weighted by atomic mass is 16.5. The number of hydrogen-bond donors (Lipinski definition) is 2. The minimum absolute atomic E-state index is 0.274. The first-order valence-corrected chi connectivity index (χ1v) is 6.60. The molecule has 0 saturated carbocycles. The highest BCUT2D eigenvalue weighted by molar-refractivity contribution is 5.44. The predicted molar refractivity (Wildman–Crippen MR) is 70.0 cm³/mol. The quantitative estimate of drug-likeness (QED) is 0.790. The second kappa shape index (κ2) is 4.44. The number of phenolic OH excluding ortho intramolecular Hbond substituents is 1. The second-order valence-electron chi connectivity index (χ2n) is 5.40. The molecule has 2 heterocycles. The van der Waals surface area contributed by atoms with Crippen molar-refractivity contribution in [3.05, 3.63) is 23.8 Å². The van der Waals surface area contributed by atoms with E-state index in [1.807, 2.05) is 6.07 Å². The number of hydrogen-bond acceptors (Lipinski definition) is 4. The Morgan fingerprint density at radius 1 is 1.39 bits per heavy atom. The largest absolute Gasteiger partial charge is 0.508 e. The van der Waals surface area contributed by atoms with E-state index < -0.39 is 0 Å². The molecular weight excluding hydrogens is 228 g/mol. The third kappa shape index (κ3) is 1.95. The number of piperazine rings is 1. The fourth-order valence-electron chi connectivity index (χ4n) is 2.94. The zero-order chi connectivity index (χ0) is 12.7. The zero-order valence-electron chi connectivity index (χ0n) is 10.9. The topological polar surface area (TPSA) is 44.7 Å². The highest BCUT2D eigenvalue weighted by Crippen LogP contribution is 2.39. The van der Waals surface area contributed by atoms with Gasteiger partial charge in [0.15, 0.2) is 0 Å². The molecule has 2 N–H and O–H groups in total. The Balaban J connectivity index is 1.86. The van der Waals surface area contributed by atoms with E-state index in [-0.39, 0.29) is 5.75 Å². The molecular formula is C14H20N2O2. The van der Waals surface area contributed by atoms with Gasteiger partial charge < -0.3 is 15.2 Å². The van der Waals surface area contributed by atoms with E-state index in [4.69, 9.17) is 4.74 Å². The molecule has 1 aromatic carbocycles. The molecule has 4 heteroatoms. The summed E-state index contributed by atoms with van der Waals surface area (Å²) in [5.74, 6) is 1.11. The minimum Gasteiger partial charge on any atom is -0.508 e. The maximum atomic E-state index is 9.48. The van der Waals surface area contributed by atoms with Gasteiger partial charge in [0, 0.05) is 36.8 Å². The number of fused-ring (bicyclic) bond motifs is 1. The summed E-state index contributed by atoms with van der Waals surface area (Å²) in [6.07, 6.45) is 0. The van der Waals surface area contributed by atoms with Gasteiger partial charge >= 0.3 is 0 Å². The van der Waals surface area contributed by atoms with Crippen LogP contribution in [0.25, 0.3) is 0 Å². The molecule has 1 saturated heterocycles. The smallest absolute Gasteiger partial charge is 0.127 e. The van der Waals surface area contributed by atoms with Gasteiger partial charge in [-0.2, -0.15) is 0 Å². The predicted octanol–water partition coefficient (Wildman–Crippen LogP) is 1.51. The number of aromatic hydroxyl groups is 1. The molecule has 1 fully saturated rings. The first kappa shape index (κ1) is 11.8. The Morgan fingerprint density at radius 2 is 2.22 bits per heavy atom. The van der Waals surface area contributed by atoms with E-state index >= 15 is 0 Å². The molecule has 3 unspecified atom stereocenters. The lowest BCUT2D eigenvalue weighted by Crippen LogP contribution is -2.55. The molecule has 0 bridgehead atoms. The Labute approximate surface area is 108 Å². The number of nitrogens with zero attached hydrogens (tertiary/aromatic N) is 1. The number of benzene rings is 1. The van der Waals surface area contributed by atoms with Crippen molar-refractivity contribution in [3.8, 4) is 11.5 Å². The summed E-state index contributed by atoms with van der Waals surface area (Å²) in [6.45, 7) is 7.21. The summed E-state index contributed by atoms with van der Waals surface area (Å²) in [4.78, 5) is 2.50. The molecule has 98 valence electrons. The summed E-state index contributed by atoms with van der Waals surface area (Å²) >= 11 is 0. The lowest BCUT2D eigenvalue weighted by molar-refractivity contribution is 0.0809. The summed E-state index contributed by atoms with van der Waals surface area (Å²) in [6, 6.07) is 6.79. The molecule has 0 radical (unpaired) electrons. The Bertz CT molecular complexity index is 449. The highest BCUT2D eigenvalue weighted by Gasteiger charge is 2.35. The van der Waals surface area contributed by atoms with Crippen molar-refractivity contribution < 1.29 is 9.84 Å². The number of nitrogens with one attached hydrogen (secondary N) is 1. The van der Waals surface area contributed by atoms with Crippen LogP contribution in [0, 0.1) is 0 Å². The molecule has 0 amide bonds. The van der Waals surface area contributed by atoms with Crippen LogP contribution >= 0.6 is 0 Å². The van der Waals surface area contributed by atoms with Crippen LogP contribution in [0.3, 0.4) is 0 Å². The number of phenols is 1. The summed E-state index contributed by atoms with van der Waals surface area (Å²) in [5, 5.41) is 13.0. The Morgan fingerprint density at radius 3 is 3.06 bits per heavy atom. The molecule has 1 aromatic rings. The van der Waals surface area contributed by atoms with Gasteiger partial charge in [-0.25, -0.2) is 0 Å². The molecule has 0 aliphatic carbocycles. The van der Waals surface area contributed by atoms with Crippen LogP contribution in [0.1, 0.15) is 25.5 Å². The maximum absolute atomic E-state index is 9.48. The van der Waals surface area contributed by atoms with E-state index in [9.17, 15) is 5.11 Å². The normalized spacial score (nSPS) is 32.0. The third-order valence-corrected chi connectivity index (χ3v) is 3.97. The molecule has 2 aliphatic rings. The summed E-state index contributed by atoms with van der Waals surface area (Å²) in [5.41, 5.74) is 1.20. The van der Waals surface area contributed by atoms with Crippen molar-refractivity contribution >= 4 is 0 Å². The van der Waals surface area contributed by atoms with Gasteiger partial charge in [-0.3, -0.25) is 4.90 Å². The SMILES string of the molecule is CC1CN(C2COc3cc(O)ccc32)C(C)CN1. The monoisotopic (exact) mass is 248 g/mol. The standard InChI is InChI=1S/C14H20N2O2/c1-9-7-16(10(2)6-15-9)13-8-18-14-5-11(17)3-4-12(13)14/h3-5,9-10,13,15,17H,6-8H2,1-2H3. The molecule has 18 heavy (non-hydrogen) atoms. The van der Waals surface area contributed by atoms with E-state index in [0.717, 1.165) is 18.8 Å². The van der Waals surface area contributed by atoms with Crippen LogP contribution in [0.2, 0.25) is 0 Å². The zero-order valence-corrected chi connectivity index (χ0v) is 10.9. The lowest BCUT2D eigenvalue weighted by Gasteiger charge is -2.40. The van der Waals surface area contributed by atoms with Crippen LogP contribution < -0.4 is 10.1 Å². The van der Waals surface area contributed by atoms with Crippen molar-refractivity contribution in [1.82, 2.24) is 10.2 Å². The van der Waals surface area contributed by atoms with Gasteiger partial charge in [-0.05, 0) is 26.0 Å². The molecule has 3 atom stereocenters. The summed E-state index contributed by atoms with van der Waals surface area (Å²) in [7, 11) is 0. The first-order valence-electron chi connectivity index (χ1n) is 6.60. The lowest BCUT2D eigenvalue weighted by atomic mass is 10.0. The van der Waals surface area contributed by atoms with Gasteiger partial charge in [-0.1, -0.05) is 0 Å². The first-order chi connectivity index (χ1) is 8.65. The van der Waals surface area contributed by atoms with Crippen LogP contribution in [0.15, 0.2) is 18.2 Å².